The maximum absolute atomic E-state index is 6.23. The van der Waals surface area contributed by atoms with Gasteiger partial charge in [-0.15, -0.1) is 0 Å². The molecular weight excluding hydrogens is 328 g/mol. The summed E-state index contributed by atoms with van der Waals surface area (Å²) in [6.07, 6.45) is 13.0. The first-order chi connectivity index (χ1) is 11.3. The van der Waals surface area contributed by atoms with Crippen molar-refractivity contribution in [2.45, 2.75) is 110 Å². The summed E-state index contributed by atoms with van der Waals surface area (Å²) in [5.74, 6) is 4.44. The van der Waals surface area contributed by atoms with E-state index in [4.69, 9.17) is 4.43 Å². The Hall–Kier alpha value is 0.0869. The van der Waals surface area contributed by atoms with Crippen LogP contribution in [-0.4, -0.2) is 20.7 Å². The summed E-state index contributed by atoms with van der Waals surface area (Å²) < 4.78 is 6.23. The van der Waals surface area contributed by atoms with Crippen LogP contribution in [-0.2, 0) is 4.43 Å². The van der Waals surface area contributed by atoms with Crippen molar-refractivity contribution >= 4 is 20.1 Å². The quantitative estimate of drug-likeness (QED) is 0.187. The first kappa shape index (κ1) is 24.1. The van der Waals surface area contributed by atoms with E-state index >= 15 is 0 Å². The highest BCUT2D eigenvalue weighted by Crippen LogP contribution is 2.36. The molecule has 0 bridgehead atoms. The lowest BCUT2D eigenvalue weighted by molar-refractivity contribution is 0.277. The molecule has 0 unspecified atom stereocenters. The molecule has 0 radical (unpaired) electrons. The average molecular weight is 371 g/mol. The Morgan fingerprint density at radius 3 is 1.96 bits per heavy atom. The minimum atomic E-state index is -1.52. The Kier molecular flexibility index (Phi) is 14.3. The molecule has 0 amide bonds. The zero-order chi connectivity index (χ0) is 18.3. The van der Waals surface area contributed by atoms with Crippen LogP contribution in [0.4, 0.5) is 0 Å². The Labute approximate surface area is 158 Å². The Morgan fingerprint density at radius 1 is 0.875 bits per heavy atom. The van der Waals surface area contributed by atoms with Gasteiger partial charge in [-0.3, -0.25) is 0 Å². The van der Waals surface area contributed by atoms with Gasteiger partial charge in [0.05, 0.1) is 0 Å². The number of hydrogen-bond donors (Lipinski definition) is 0. The van der Waals surface area contributed by atoms with E-state index in [-0.39, 0.29) is 0 Å². The maximum atomic E-state index is 6.23. The molecule has 24 heavy (non-hydrogen) atoms. The highest BCUT2D eigenvalue weighted by Gasteiger charge is 2.36. The third-order valence-corrected chi connectivity index (χ3v) is 10.4. The Bertz CT molecular complexity index is 349. The largest absolute Gasteiger partial charge is 0.417 e. The normalized spacial score (nSPS) is 12.1. The molecule has 3 heteroatoms. The van der Waals surface area contributed by atoms with Crippen LogP contribution >= 0.6 is 11.8 Å². The van der Waals surface area contributed by atoms with E-state index in [0.29, 0.717) is 5.04 Å². The number of hydrogen-bond acceptors (Lipinski definition) is 2. The molecule has 0 aromatic rings. The molecule has 0 spiro atoms. The minimum Gasteiger partial charge on any atom is -0.417 e. The van der Waals surface area contributed by atoms with Crippen molar-refractivity contribution in [2.24, 2.45) is 0 Å². The van der Waals surface area contributed by atoms with Crippen LogP contribution < -0.4 is 0 Å². The first-order valence-corrected chi connectivity index (χ1v) is 13.9. The predicted molar refractivity (Wildman–Crippen MR) is 115 cm³/mol. The minimum absolute atomic E-state index is 0.339. The van der Waals surface area contributed by atoms with Gasteiger partial charge in [0.2, 0.25) is 0 Å². The van der Waals surface area contributed by atoms with E-state index in [2.05, 4.69) is 52.0 Å². The van der Waals surface area contributed by atoms with E-state index in [9.17, 15) is 0 Å². The van der Waals surface area contributed by atoms with Gasteiger partial charge in [-0.25, -0.2) is 0 Å². The van der Waals surface area contributed by atoms with Gasteiger partial charge in [-0.2, -0.15) is 0 Å². The standard InChI is InChI=1S/C21H42OSSi/c1-7-19-23-20-17-15-13-11-9-8-10-12-14-16-18-22-24(5,6)21(2,3)4/h7-16,18-19H2,1-6H3. The molecular formula is C21H42OSSi. The molecule has 0 aliphatic rings. The third-order valence-electron chi connectivity index (χ3n) is 4.92. The third kappa shape index (κ3) is 13.4. The van der Waals surface area contributed by atoms with Crippen molar-refractivity contribution in [1.82, 2.24) is 0 Å². The zero-order valence-corrected chi connectivity index (χ0v) is 19.1. The molecule has 0 aromatic carbocycles. The number of unbranched alkanes of at least 4 members (excludes halogenated alkanes) is 8. The van der Waals surface area contributed by atoms with E-state index in [0.717, 1.165) is 13.0 Å². The number of rotatable bonds is 13. The fourth-order valence-corrected chi connectivity index (χ4v) is 3.77. The molecule has 0 N–H and O–H groups in total. The van der Waals surface area contributed by atoms with Gasteiger partial charge in [0, 0.05) is 18.8 Å². The molecule has 0 saturated carbocycles. The highest BCUT2D eigenvalue weighted by atomic mass is 32.2. The summed E-state index contributed by atoms with van der Waals surface area (Å²) in [6.45, 7) is 14.8. The molecule has 0 aromatic heterocycles. The topological polar surface area (TPSA) is 9.23 Å². The summed E-state index contributed by atoms with van der Waals surface area (Å²) in [4.78, 5) is 0. The van der Waals surface area contributed by atoms with Gasteiger partial charge in [0.25, 0.3) is 0 Å². The zero-order valence-electron chi connectivity index (χ0n) is 17.3. The van der Waals surface area contributed by atoms with Gasteiger partial charge in [0.1, 0.15) is 0 Å². The lowest BCUT2D eigenvalue weighted by Gasteiger charge is -2.36. The van der Waals surface area contributed by atoms with Crippen LogP contribution in [0.25, 0.3) is 0 Å². The fourth-order valence-electron chi connectivity index (χ4n) is 2.18. The van der Waals surface area contributed by atoms with Gasteiger partial charge < -0.3 is 4.43 Å². The van der Waals surface area contributed by atoms with Gasteiger partial charge >= 0.3 is 0 Å². The van der Waals surface area contributed by atoms with Crippen LogP contribution in [0.1, 0.15) is 91.9 Å². The molecule has 0 saturated heterocycles. The SMILES string of the molecule is CCCSC#CCCCCCCCCCCO[Si](C)(C)C(C)(C)C. The molecule has 0 aliphatic heterocycles. The molecule has 142 valence electrons. The summed E-state index contributed by atoms with van der Waals surface area (Å²) in [6, 6.07) is 0. The van der Waals surface area contributed by atoms with Gasteiger partial charge in [-0.1, -0.05) is 83.9 Å². The van der Waals surface area contributed by atoms with Crippen LogP contribution in [0.3, 0.4) is 0 Å². The van der Waals surface area contributed by atoms with E-state index < -0.39 is 8.32 Å². The first-order valence-electron chi connectivity index (χ1n) is 10.0. The second-order valence-electron chi connectivity index (χ2n) is 8.31. The van der Waals surface area contributed by atoms with E-state index in [1.807, 2.05) is 0 Å². The molecule has 0 aliphatic carbocycles. The van der Waals surface area contributed by atoms with E-state index in [1.54, 1.807) is 11.8 Å². The van der Waals surface area contributed by atoms with Gasteiger partial charge in [0.15, 0.2) is 8.32 Å². The molecule has 1 nitrogen and oxygen atoms in total. The summed E-state index contributed by atoms with van der Waals surface area (Å²) in [5, 5.41) is 3.53. The number of thioether (sulfide) groups is 1. The van der Waals surface area contributed by atoms with Crippen molar-refractivity contribution in [1.29, 1.82) is 0 Å². The van der Waals surface area contributed by atoms with Crippen molar-refractivity contribution in [2.75, 3.05) is 12.4 Å². The van der Waals surface area contributed by atoms with Crippen LogP contribution in [0.5, 0.6) is 0 Å². The lowest BCUT2D eigenvalue weighted by Crippen LogP contribution is -2.40. The van der Waals surface area contributed by atoms with Crippen molar-refractivity contribution in [3.8, 4) is 11.2 Å². The summed E-state index contributed by atoms with van der Waals surface area (Å²) in [5.41, 5.74) is 0. The molecule has 0 atom stereocenters. The lowest BCUT2D eigenvalue weighted by atomic mass is 10.1. The van der Waals surface area contributed by atoms with Crippen LogP contribution in [0.2, 0.25) is 18.1 Å². The second kappa shape index (κ2) is 14.3. The molecule has 0 rings (SSSR count). The second-order valence-corrected chi connectivity index (χ2v) is 14.0. The average Bonchev–Trinajstić information content (AvgIpc) is 2.50. The summed E-state index contributed by atoms with van der Waals surface area (Å²) >= 11 is 1.77. The van der Waals surface area contributed by atoms with Crippen molar-refractivity contribution in [3.63, 3.8) is 0 Å². The monoisotopic (exact) mass is 370 g/mol. The Balaban J connectivity index is 3.33. The molecule has 0 fully saturated rings. The van der Waals surface area contributed by atoms with Crippen molar-refractivity contribution < 1.29 is 4.43 Å². The Morgan fingerprint density at radius 2 is 1.42 bits per heavy atom. The van der Waals surface area contributed by atoms with Crippen LogP contribution in [0, 0.1) is 11.2 Å². The van der Waals surface area contributed by atoms with E-state index in [1.165, 1.54) is 63.5 Å². The predicted octanol–water partition coefficient (Wildman–Crippen LogP) is 7.62. The van der Waals surface area contributed by atoms with Crippen LogP contribution in [0.15, 0.2) is 0 Å². The van der Waals surface area contributed by atoms with Gasteiger partial charge in [-0.05, 0) is 42.6 Å². The maximum Gasteiger partial charge on any atom is 0.191 e. The fraction of sp³-hybridized carbons (Fsp3) is 0.905. The van der Waals surface area contributed by atoms with Crippen molar-refractivity contribution in [3.05, 3.63) is 0 Å². The smallest absolute Gasteiger partial charge is 0.191 e. The highest BCUT2D eigenvalue weighted by molar-refractivity contribution is 8.03. The molecule has 0 heterocycles. The summed E-state index contributed by atoms with van der Waals surface area (Å²) in [7, 11) is -1.52.